The van der Waals surface area contributed by atoms with E-state index in [0.29, 0.717) is 59.4 Å². The molecule has 13 heteroatoms. The van der Waals surface area contributed by atoms with Gasteiger partial charge in [0.25, 0.3) is 0 Å². The van der Waals surface area contributed by atoms with Crippen LogP contribution >= 0.6 is 21.6 Å². The maximum atomic E-state index is 14.0. The summed E-state index contributed by atoms with van der Waals surface area (Å²) in [5.41, 5.74) is 12.8. The number of aryl methyl sites for hydroxylation is 2. The molecule has 1 aromatic carbocycles. The van der Waals surface area contributed by atoms with Crippen LogP contribution in [0, 0.1) is 6.92 Å². The van der Waals surface area contributed by atoms with Crippen molar-refractivity contribution in [2.45, 2.75) is 80.4 Å². The molecule has 11 nitrogen and oxygen atoms in total. The number of phenols is 1. The highest BCUT2D eigenvalue weighted by Crippen LogP contribution is 2.54. The molecule has 4 aliphatic heterocycles. The Bertz CT molecular complexity index is 2120. The Morgan fingerprint density at radius 2 is 1.92 bits per heavy atom. The van der Waals surface area contributed by atoms with Crippen molar-refractivity contribution in [3.63, 3.8) is 0 Å². The van der Waals surface area contributed by atoms with Gasteiger partial charge in [-0.15, -0.1) is 0 Å². The van der Waals surface area contributed by atoms with E-state index in [0.717, 1.165) is 16.7 Å². The smallest absolute Gasteiger partial charge is 0.341 e. The van der Waals surface area contributed by atoms with E-state index in [1.165, 1.54) is 6.07 Å². The number of nitrogens with two attached hydrogens (primary N) is 2. The number of hydrogen-bond acceptors (Lipinski definition) is 13. The van der Waals surface area contributed by atoms with Crippen molar-refractivity contribution < 1.29 is 28.5 Å². The summed E-state index contributed by atoms with van der Waals surface area (Å²) < 4.78 is 25.1. The van der Waals surface area contributed by atoms with E-state index in [1.807, 2.05) is 37.3 Å². The summed E-state index contributed by atoms with van der Waals surface area (Å²) in [6, 6.07) is 8.72. The highest BCUT2D eigenvalue weighted by Gasteiger charge is 2.64. The van der Waals surface area contributed by atoms with Crippen molar-refractivity contribution in [1.82, 2.24) is 9.97 Å². The number of carbonyl (C=O) groups is 1. The van der Waals surface area contributed by atoms with Crippen LogP contribution in [0.1, 0.15) is 49.1 Å². The molecule has 1 saturated heterocycles. The Morgan fingerprint density at radius 1 is 1.08 bits per heavy atom. The van der Waals surface area contributed by atoms with Gasteiger partial charge in [0, 0.05) is 58.9 Å². The third-order valence-corrected chi connectivity index (χ3v) is 12.6. The molecule has 9 rings (SSSR count). The fraction of sp³-hybridized carbons (Fsp3) is 0.371. The van der Waals surface area contributed by atoms with E-state index in [1.54, 1.807) is 47.7 Å². The second-order valence-electron chi connectivity index (χ2n) is 13.3. The monoisotopic (exact) mass is 686 g/mol. The number of phenolic OH excluding ortho intramolecular Hbond substituents is 1. The van der Waals surface area contributed by atoms with Crippen molar-refractivity contribution in [3.05, 3.63) is 81.4 Å². The van der Waals surface area contributed by atoms with Crippen LogP contribution in [0.3, 0.4) is 0 Å². The number of aromatic hydroxyl groups is 1. The summed E-state index contributed by atoms with van der Waals surface area (Å²) in [6.07, 6.45) is 6.90. The lowest BCUT2D eigenvalue weighted by Crippen LogP contribution is -2.64. The first-order chi connectivity index (χ1) is 22.9. The predicted molar refractivity (Wildman–Crippen MR) is 185 cm³/mol. The largest absolute Gasteiger partial charge is 0.507 e. The minimum Gasteiger partial charge on any atom is -0.507 e. The summed E-state index contributed by atoms with van der Waals surface area (Å²) in [5, 5.41) is 11.5. The molecule has 4 aromatic rings. The maximum absolute atomic E-state index is 14.0. The number of epoxide rings is 1. The SMILES string of the molecule is Cc1cc(=O)c2c(O)c3c(cc2o1)O[C@@]1(C)C[C@@H]2C=C[C@]1(C3)OC(=O)[C@]1(C)O[C@H]1CCc1cc(N)nc(c1)-c1ccnc(N)c1CSS2. The van der Waals surface area contributed by atoms with Crippen LogP contribution in [-0.4, -0.2) is 49.2 Å². The number of aromatic nitrogens is 2. The molecule has 5 atom stereocenters. The van der Waals surface area contributed by atoms with E-state index >= 15 is 0 Å². The first kappa shape index (κ1) is 31.1. The van der Waals surface area contributed by atoms with Gasteiger partial charge in [0.1, 0.15) is 39.9 Å². The average Bonchev–Trinajstić information content (AvgIpc) is 3.70. The number of carbonyl (C=O) groups excluding carboxylic acids is 1. The molecule has 248 valence electrons. The number of rotatable bonds is 0. The number of anilines is 2. The van der Waals surface area contributed by atoms with E-state index in [-0.39, 0.29) is 39.9 Å². The molecule has 1 aliphatic carbocycles. The lowest BCUT2D eigenvalue weighted by molar-refractivity contribution is -0.186. The van der Waals surface area contributed by atoms with Crippen LogP contribution in [0.25, 0.3) is 22.2 Å². The molecule has 5 aliphatic rings. The van der Waals surface area contributed by atoms with E-state index in [4.69, 9.17) is 30.1 Å². The molecule has 48 heavy (non-hydrogen) atoms. The molecule has 4 bridgehead atoms. The minimum absolute atomic E-state index is 0.0413. The molecule has 5 N–H and O–H groups in total. The first-order valence-corrected chi connectivity index (χ1v) is 18.1. The van der Waals surface area contributed by atoms with Gasteiger partial charge in [0.15, 0.2) is 22.2 Å². The van der Waals surface area contributed by atoms with Gasteiger partial charge >= 0.3 is 5.97 Å². The Hall–Kier alpha value is -4.20. The van der Waals surface area contributed by atoms with Gasteiger partial charge in [0.05, 0.1) is 11.8 Å². The molecule has 0 saturated carbocycles. The number of pyridine rings is 2. The van der Waals surface area contributed by atoms with Crippen LogP contribution in [0.4, 0.5) is 11.6 Å². The number of benzene rings is 1. The van der Waals surface area contributed by atoms with Crippen molar-refractivity contribution in [3.8, 4) is 22.8 Å². The maximum Gasteiger partial charge on any atom is 0.341 e. The second kappa shape index (κ2) is 10.9. The van der Waals surface area contributed by atoms with Crippen LogP contribution in [-0.2, 0) is 32.9 Å². The van der Waals surface area contributed by atoms with Crippen molar-refractivity contribution in [2.24, 2.45) is 0 Å². The van der Waals surface area contributed by atoms with Crippen LogP contribution in [0.2, 0.25) is 0 Å². The number of hydrogen-bond donors (Lipinski definition) is 3. The van der Waals surface area contributed by atoms with E-state index in [2.05, 4.69) is 9.97 Å². The Labute approximate surface area is 283 Å². The summed E-state index contributed by atoms with van der Waals surface area (Å²) in [6.45, 7) is 5.34. The van der Waals surface area contributed by atoms with Gasteiger partial charge in [-0.1, -0.05) is 27.7 Å². The average molecular weight is 687 g/mol. The van der Waals surface area contributed by atoms with Gasteiger partial charge < -0.3 is 35.2 Å². The van der Waals surface area contributed by atoms with Crippen LogP contribution in [0.15, 0.2) is 57.9 Å². The Balaban J connectivity index is 1.21. The fourth-order valence-corrected chi connectivity index (χ4v) is 9.88. The van der Waals surface area contributed by atoms with Gasteiger partial charge in [-0.3, -0.25) is 4.79 Å². The zero-order chi connectivity index (χ0) is 33.6. The lowest BCUT2D eigenvalue weighted by Gasteiger charge is -2.52. The van der Waals surface area contributed by atoms with Gasteiger partial charge in [-0.25, -0.2) is 14.8 Å². The van der Waals surface area contributed by atoms with Crippen molar-refractivity contribution in [1.29, 1.82) is 0 Å². The second-order valence-corrected chi connectivity index (χ2v) is 15.9. The van der Waals surface area contributed by atoms with Crippen LogP contribution in [0.5, 0.6) is 11.5 Å². The van der Waals surface area contributed by atoms with Crippen molar-refractivity contribution >= 4 is 50.2 Å². The zero-order valence-electron chi connectivity index (χ0n) is 26.6. The Kier molecular flexibility index (Phi) is 7.07. The topological polar surface area (TPSA) is 176 Å². The molecule has 0 unspecified atom stereocenters. The number of fused-ring (bicyclic) bond motifs is 6. The molecule has 3 aromatic heterocycles. The summed E-state index contributed by atoms with van der Waals surface area (Å²) in [4.78, 5) is 35.9. The molecule has 0 radical (unpaired) electrons. The summed E-state index contributed by atoms with van der Waals surface area (Å²) >= 11 is 0. The molecular weight excluding hydrogens is 653 g/mol. The zero-order valence-corrected chi connectivity index (χ0v) is 28.2. The van der Waals surface area contributed by atoms with E-state index in [9.17, 15) is 14.7 Å². The summed E-state index contributed by atoms with van der Waals surface area (Å²) in [7, 11) is 3.28. The summed E-state index contributed by atoms with van der Waals surface area (Å²) in [5.74, 6) is 1.42. The van der Waals surface area contributed by atoms with Crippen molar-refractivity contribution in [2.75, 3.05) is 11.5 Å². The first-order valence-electron chi connectivity index (χ1n) is 15.8. The van der Waals surface area contributed by atoms with E-state index < -0.39 is 22.8 Å². The number of ether oxygens (including phenoxy) is 3. The van der Waals surface area contributed by atoms with Gasteiger partial charge in [-0.05, 0) is 63.5 Å². The Morgan fingerprint density at radius 3 is 2.75 bits per heavy atom. The number of nitrogens with zero attached hydrogens (tertiary/aromatic N) is 2. The molecular formula is C35H34N4O7S2. The molecule has 0 amide bonds. The number of nitrogen functional groups attached to an aromatic ring is 2. The third kappa shape index (κ3) is 4.93. The quantitative estimate of drug-likeness (QED) is 0.0926. The standard InChI is InChI=1S/C35H34N4O7S2/c1-17-10-24(40)29-26(43-17)13-25-21(30(29)41)15-35-8-6-19(14-33(35,2)44-25)48-47-16-22-20(7-9-38-31(22)37)23-11-18(12-28(36)39-23)4-5-27-34(3,45-27)32(42)46-35/h6-13,19,27,41H,4-5,14-16H2,1-3H3,(H2,36,39)(H2,37,38)/t19-,27-,33-,34+,35+/m0/s1. The highest BCUT2D eigenvalue weighted by molar-refractivity contribution is 8.76. The molecule has 1 spiro atoms. The molecule has 1 fully saturated rings. The fourth-order valence-electron chi connectivity index (χ4n) is 7.20. The minimum atomic E-state index is -1.30. The highest BCUT2D eigenvalue weighted by atomic mass is 33.1. The number of esters is 1. The van der Waals surface area contributed by atoms with Crippen LogP contribution < -0.4 is 21.6 Å². The third-order valence-electron chi connectivity index (χ3n) is 10.0. The van der Waals surface area contributed by atoms with Gasteiger partial charge in [0.2, 0.25) is 0 Å². The van der Waals surface area contributed by atoms with Gasteiger partial charge in [-0.2, -0.15) is 0 Å². The molecule has 7 heterocycles. The predicted octanol–water partition coefficient (Wildman–Crippen LogP) is 5.42. The lowest BCUT2D eigenvalue weighted by atomic mass is 9.70. The normalized spacial score (nSPS) is 29.4.